The number of rotatable bonds is 6. The molecule has 94 valence electrons. The van der Waals surface area contributed by atoms with Crippen LogP contribution in [0.3, 0.4) is 0 Å². The molecule has 0 amide bonds. The van der Waals surface area contributed by atoms with Gasteiger partial charge in [0, 0.05) is 12.6 Å². The molecule has 0 spiro atoms. The van der Waals surface area contributed by atoms with E-state index in [1.165, 1.54) is 11.1 Å². The number of aliphatic hydroxyl groups excluding tert-OH is 1. The quantitative estimate of drug-likeness (QED) is 0.743. The summed E-state index contributed by atoms with van der Waals surface area (Å²) in [5, 5.41) is 8.66. The molecule has 0 unspecified atom stereocenters. The van der Waals surface area contributed by atoms with Gasteiger partial charge in [-0.05, 0) is 55.4 Å². The molecular weight excluding hydrogens is 214 g/mol. The second-order valence-electron chi connectivity index (χ2n) is 4.64. The molecule has 0 fully saturated rings. The Bertz CT molecular complexity index is 365. The van der Waals surface area contributed by atoms with Crippen LogP contribution in [0.5, 0.6) is 5.75 Å². The van der Waals surface area contributed by atoms with Crippen LogP contribution in [0.2, 0.25) is 0 Å². The van der Waals surface area contributed by atoms with E-state index in [0.717, 1.165) is 44.5 Å². The van der Waals surface area contributed by atoms with Crippen LogP contribution in [0.4, 0.5) is 0 Å². The lowest BCUT2D eigenvalue weighted by Gasteiger charge is -2.09. The van der Waals surface area contributed by atoms with Gasteiger partial charge >= 0.3 is 0 Å². The molecule has 1 aromatic rings. The van der Waals surface area contributed by atoms with Crippen molar-refractivity contribution < 1.29 is 9.84 Å². The molecule has 1 aliphatic carbocycles. The van der Waals surface area contributed by atoms with Crippen LogP contribution in [-0.2, 0) is 6.42 Å². The standard InChI is InChI=1S/C14H21NO2/c15-14-7-4-11-10-12(5-6-13(11)14)17-9-3-1-2-8-16/h5-6,10,14,16H,1-4,7-9,15H2/t14-/m0/s1. The topological polar surface area (TPSA) is 55.5 Å². The number of hydrogen-bond acceptors (Lipinski definition) is 3. The van der Waals surface area contributed by atoms with Gasteiger partial charge in [-0.25, -0.2) is 0 Å². The number of benzene rings is 1. The molecule has 3 N–H and O–H groups in total. The van der Waals surface area contributed by atoms with Crippen LogP contribution in [0.25, 0.3) is 0 Å². The Morgan fingerprint density at radius 2 is 2.18 bits per heavy atom. The Labute approximate surface area is 103 Å². The van der Waals surface area contributed by atoms with Crippen molar-refractivity contribution in [2.24, 2.45) is 5.73 Å². The molecule has 0 saturated heterocycles. The third-order valence-electron chi connectivity index (χ3n) is 3.31. The molecule has 0 saturated carbocycles. The normalized spacial score (nSPS) is 18.1. The van der Waals surface area contributed by atoms with Gasteiger partial charge in [0.1, 0.15) is 5.75 Å². The highest BCUT2D eigenvalue weighted by molar-refractivity contribution is 5.40. The zero-order chi connectivity index (χ0) is 12.1. The van der Waals surface area contributed by atoms with Gasteiger partial charge in [-0.3, -0.25) is 0 Å². The van der Waals surface area contributed by atoms with Gasteiger partial charge in [-0.2, -0.15) is 0 Å². The second-order valence-corrected chi connectivity index (χ2v) is 4.64. The lowest BCUT2D eigenvalue weighted by molar-refractivity contribution is 0.266. The number of aryl methyl sites for hydroxylation is 1. The first-order valence-corrected chi connectivity index (χ1v) is 6.43. The maximum absolute atomic E-state index is 8.66. The Morgan fingerprint density at radius 3 is 3.00 bits per heavy atom. The minimum Gasteiger partial charge on any atom is -0.494 e. The number of ether oxygens (including phenoxy) is 1. The predicted octanol–water partition coefficient (Wildman–Crippen LogP) is 2.17. The summed E-state index contributed by atoms with van der Waals surface area (Å²) in [7, 11) is 0. The molecule has 0 aromatic heterocycles. The predicted molar refractivity (Wildman–Crippen MR) is 68.1 cm³/mol. The molecule has 0 radical (unpaired) electrons. The van der Waals surface area contributed by atoms with Gasteiger partial charge in [-0.15, -0.1) is 0 Å². The van der Waals surface area contributed by atoms with Crippen molar-refractivity contribution in [3.05, 3.63) is 29.3 Å². The highest BCUT2D eigenvalue weighted by atomic mass is 16.5. The average molecular weight is 235 g/mol. The van der Waals surface area contributed by atoms with Gasteiger partial charge in [0.15, 0.2) is 0 Å². The summed E-state index contributed by atoms with van der Waals surface area (Å²) in [6.45, 7) is 1.00. The minimum absolute atomic E-state index is 0.212. The molecule has 3 heteroatoms. The monoisotopic (exact) mass is 235 g/mol. The van der Waals surface area contributed by atoms with Gasteiger partial charge < -0.3 is 15.6 Å². The summed E-state index contributed by atoms with van der Waals surface area (Å²) in [4.78, 5) is 0. The molecule has 1 aliphatic rings. The lowest BCUT2D eigenvalue weighted by atomic mass is 10.1. The smallest absolute Gasteiger partial charge is 0.119 e. The van der Waals surface area contributed by atoms with E-state index in [1.807, 2.05) is 6.07 Å². The summed E-state index contributed by atoms with van der Waals surface area (Å²) < 4.78 is 5.69. The average Bonchev–Trinajstić information content (AvgIpc) is 2.71. The van der Waals surface area contributed by atoms with Crippen molar-refractivity contribution in [1.82, 2.24) is 0 Å². The zero-order valence-corrected chi connectivity index (χ0v) is 10.2. The van der Waals surface area contributed by atoms with Gasteiger partial charge in [0.05, 0.1) is 6.61 Å². The highest BCUT2D eigenvalue weighted by Gasteiger charge is 2.18. The number of fused-ring (bicyclic) bond motifs is 1. The fourth-order valence-electron chi connectivity index (χ4n) is 2.30. The van der Waals surface area contributed by atoms with Crippen LogP contribution in [0.1, 0.15) is 42.9 Å². The summed E-state index contributed by atoms with van der Waals surface area (Å²) >= 11 is 0. The van der Waals surface area contributed by atoms with Crippen LogP contribution >= 0.6 is 0 Å². The first-order valence-electron chi connectivity index (χ1n) is 6.43. The van der Waals surface area contributed by atoms with E-state index >= 15 is 0 Å². The fraction of sp³-hybridized carbons (Fsp3) is 0.571. The number of unbranched alkanes of at least 4 members (excludes halogenated alkanes) is 2. The molecule has 1 atom stereocenters. The van der Waals surface area contributed by atoms with Crippen LogP contribution in [0, 0.1) is 0 Å². The van der Waals surface area contributed by atoms with E-state index in [1.54, 1.807) is 0 Å². The number of aliphatic hydroxyl groups is 1. The van der Waals surface area contributed by atoms with E-state index < -0.39 is 0 Å². The molecular formula is C14H21NO2. The molecule has 3 nitrogen and oxygen atoms in total. The molecule has 2 rings (SSSR count). The van der Waals surface area contributed by atoms with E-state index in [2.05, 4.69) is 12.1 Å². The van der Waals surface area contributed by atoms with E-state index in [9.17, 15) is 0 Å². The van der Waals surface area contributed by atoms with Crippen LogP contribution in [-0.4, -0.2) is 18.3 Å². The van der Waals surface area contributed by atoms with Crippen LogP contribution in [0.15, 0.2) is 18.2 Å². The lowest BCUT2D eigenvalue weighted by Crippen LogP contribution is -2.05. The Kier molecular flexibility index (Phi) is 4.40. The van der Waals surface area contributed by atoms with Crippen molar-refractivity contribution in [2.45, 2.75) is 38.1 Å². The van der Waals surface area contributed by atoms with Gasteiger partial charge in [-0.1, -0.05) is 6.07 Å². The molecule has 17 heavy (non-hydrogen) atoms. The summed E-state index contributed by atoms with van der Waals surface area (Å²) in [5.74, 6) is 0.946. The summed E-state index contributed by atoms with van der Waals surface area (Å²) in [5.41, 5.74) is 8.60. The molecule has 0 bridgehead atoms. The first kappa shape index (κ1) is 12.4. The maximum atomic E-state index is 8.66. The van der Waals surface area contributed by atoms with E-state index in [4.69, 9.17) is 15.6 Å². The second kappa shape index (κ2) is 6.03. The third kappa shape index (κ3) is 3.20. The maximum Gasteiger partial charge on any atom is 0.119 e. The number of hydrogen-bond donors (Lipinski definition) is 2. The minimum atomic E-state index is 0.212. The van der Waals surface area contributed by atoms with Crippen molar-refractivity contribution in [1.29, 1.82) is 0 Å². The molecule has 0 heterocycles. The van der Waals surface area contributed by atoms with Gasteiger partial charge in [0.2, 0.25) is 0 Å². The van der Waals surface area contributed by atoms with Crippen molar-refractivity contribution >= 4 is 0 Å². The summed E-state index contributed by atoms with van der Waals surface area (Å²) in [6, 6.07) is 6.43. The fourth-order valence-corrected chi connectivity index (χ4v) is 2.30. The Morgan fingerprint density at radius 1 is 1.29 bits per heavy atom. The highest BCUT2D eigenvalue weighted by Crippen LogP contribution is 2.31. The van der Waals surface area contributed by atoms with E-state index in [-0.39, 0.29) is 12.6 Å². The van der Waals surface area contributed by atoms with Gasteiger partial charge in [0.25, 0.3) is 0 Å². The van der Waals surface area contributed by atoms with Crippen molar-refractivity contribution in [3.63, 3.8) is 0 Å². The summed E-state index contributed by atoms with van der Waals surface area (Å²) in [6.07, 6.45) is 5.00. The molecule has 1 aromatic carbocycles. The van der Waals surface area contributed by atoms with E-state index in [0.29, 0.717) is 0 Å². The first-order chi connectivity index (χ1) is 8.31. The third-order valence-corrected chi connectivity index (χ3v) is 3.31. The van der Waals surface area contributed by atoms with Crippen molar-refractivity contribution in [2.75, 3.05) is 13.2 Å². The van der Waals surface area contributed by atoms with Crippen LogP contribution < -0.4 is 10.5 Å². The largest absolute Gasteiger partial charge is 0.494 e. The Hall–Kier alpha value is -1.06. The number of nitrogens with two attached hydrogens (primary N) is 1. The van der Waals surface area contributed by atoms with Crippen molar-refractivity contribution in [3.8, 4) is 5.75 Å². The SMILES string of the molecule is N[C@H]1CCc2cc(OCCCCCO)ccc21. The Balaban J connectivity index is 1.82. The zero-order valence-electron chi connectivity index (χ0n) is 10.2. The molecule has 0 aliphatic heterocycles.